The van der Waals surface area contributed by atoms with Gasteiger partial charge in [-0.3, -0.25) is 14.9 Å². The van der Waals surface area contributed by atoms with Crippen LogP contribution in [0.2, 0.25) is 15.1 Å². The Bertz CT molecular complexity index is 879. The van der Waals surface area contributed by atoms with Gasteiger partial charge in [-0.2, -0.15) is 0 Å². The van der Waals surface area contributed by atoms with Crippen LogP contribution in [0.1, 0.15) is 18.1 Å². The van der Waals surface area contributed by atoms with Crippen molar-refractivity contribution >= 4 is 70.4 Å². The fraction of sp³-hybridized carbons (Fsp3) is 0.167. The van der Waals surface area contributed by atoms with Crippen molar-refractivity contribution in [1.82, 2.24) is 0 Å². The molecule has 0 aliphatic heterocycles. The van der Waals surface area contributed by atoms with Gasteiger partial charge in [0.2, 0.25) is 0 Å². The standard InChI is InChI=1S/C18H14Cl3NO4S/c1-2-26-18(23)10-27-17-7-11(4-6-16(17)22(24)25)3-5-13-14(20)8-12(19)9-15(13)21/h3-9H,2,10H2,1H3. The minimum atomic E-state index is -0.492. The van der Waals surface area contributed by atoms with Gasteiger partial charge >= 0.3 is 5.97 Å². The fourth-order valence-electron chi connectivity index (χ4n) is 2.13. The number of ether oxygens (including phenoxy) is 1. The number of hydrogen-bond donors (Lipinski definition) is 0. The van der Waals surface area contributed by atoms with Crippen LogP contribution in [-0.2, 0) is 9.53 Å². The van der Waals surface area contributed by atoms with Crippen LogP contribution in [0.4, 0.5) is 5.69 Å². The number of nitro groups is 1. The number of thioether (sulfide) groups is 1. The van der Waals surface area contributed by atoms with Gasteiger partial charge in [0.05, 0.1) is 32.2 Å². The molecule has 0 amide bonds. The highest BCUT2D eigenvalue weighted by Gasteiger charge is 2.16. The molecule has 2 aromatic rings. The van der Waals surface area contributed by atoms with Gasteiger partial charge in [-0.1, -0.05) is 47.0 Å². The van der Waals surface area contributed by atoms with E-state index in [2.05, 4.69) is 0 Å². The molecule has 0 unspecified atom stereocenters. The molecule has 9 heteroatoms. The van der Waals surface area contributed by atoms with Crippen LogP contribution in [0.3, 0.4) is 0 Å². The average molecular weight is 447 g/mol. The van der Waals surface area contributed by atoms with E-state index in [1.54, 1.807) is 43.3 Å². The fourth-order valence-corrected chi connectivity index (χ4v) is 3.94. The van der Waals surface area contributed by atoms with Crippen molar-refractivity contribution in [3.8, 4) is 0 Å². The minimum absolute atomic E-state index is 0.0172. The predicted molar refractivity (Wildman–Crippen MR) is 111 cm³/mol. The summed E-state index contributed by atoms with van der Waals surface area (Å²) in [6, 6.07) is 7.76. The average Bonchev–Trinajstić information content (AvgIpc) is 2.59. The number of nitro benzene ring substituents is 1. The highest BCUT2D eigenvalue weighted by molar-refractivity contribution is 8.00. The lowest BCUT2D eigenvalue weighted by Crippen LogP contribution is -2.06. The molecule has 0 N–H and O–H groups in total. The Labute approximate surface area is 175 Å². The Balaban J connectivity index is 2.29. The molecule has 0 fully saturated rings. The number of carbonyl (C=O) groups excluding carboxylic acids is 1. The van der Waals surface area contributed by atoms with Crippen molar-refractivity contribution in [3.05, 3.63) is 66.6 Å². The Morgan fingerprint density at radius 1 is 1.19 bits per heavy atom. The SMILES string of the molecule is CCOC(=O)CSc1cc(C=Cc2c(Cl)cc(Cl)cc2Cl)ccc1[N+](=O)[O-]. The second-order valence-corrected chi connectivity index (χ2v) is 7.46. The summed E-state index contributed by atoms with van der Waals surface area (Å²) in [5.74, 6) is -0.450. The van der Waals surface area contributed by atoms with E-state index in [0.29, 0.717) is 31.1 Å². The Morgan fingerprint density at radius 2 is 1.85 bits per heavy atom. The van der Waals surface area contributed by atoms with Crippen LogP contribution in [0.5, 0.6) is 0 Å². The molecule has 0 bridgehead atoms. The zero-order valence-corrected chi connectivity index (χ0v) is 17.2. The molecule has 0 aromatic heterocycles. The Kier molecular flexibility index (Phi) is 7.98. The first-order valence-corrected chi connectivity index (χ1v) is 9.83. The van der Waals surface area contributed by atoms with Crippen LogP contribution >= 0.6 is 46.6 Å². The molecule has 0 radical (unpaired) electrons. The van der Waals surface area contributed by atoms with Crippen molar-refractivity contribution in [2.45, 2.75) is 11.8 Å². The van der Waals surface area contributed by atoms with E-state index in [1.807, 2.05) is 0 Å². The van der Waals surface area contributed by atoms with E-state index in [-0.39, 0.29) is 18.0 Å². The van der Waals surface area contributed by atoms with E-state index in [9.17, 15) is 14.9 Å². The highest BCUT2D eigenvalue weighted by Crippen LogP contribution is 2.33. The van der Waals surface area contributed by atoms with E-state index in [0.717, 1.165) is 11.8 Å². The van der Waals surface area contributed by atoms with Crippen LogP contribution in [0.25, 0.3) is 12.2 Å². The third-order valence-electron chi connectivity index (χ3n) is 3.32. The van der Waals surface area contributed by atoms with Gasteiger partial charge in [0.25, 0.3) is 5.69 Å². The van der Waals surface area contributed by atoms with Crippen LogP contribution in [-0.4, -0.2) is 23.3 Å². The van der Waals surface area contributed by atoms with Crippen molar-refractivity contribution in [3.63, 3.8) is 0 Å². The van der Waals surface area contributed by atoms with Gasteiger partial charge < -0.3 is 4.74 Å². The molecule has 5 nitrogen and oxygen atoms in total. The molecular weight excluding hydrogens is 433 g/mol. The monoisotopic (exact) mass is 445 g/mol. The van der Waals surface area contributed by atoms with Crippen molar-refractivity contribution in [2.24, 2.45) is 0 Å². The summed E-state index contributed by atoms with van der Waals surface area (Å²) in [5, 5.41) is 12.4. The molecular formula is C18H14Cl3NO4S. The first kappa shape index (κ1) is 21.6. The zero-order valence-electron chi connectivity index (χ0n) is 14.1. The van der Waals surface area contributed by atoms with Gasteiger partial charge in [-0.15, -0.1) is 11.8 Å². The molecule has 0 aliphatic rings. The van der Waals surface area contributed by atoms with Crippen molar-refractivity contribution < 1.29 is 14.5 Å². The Hall–Kier alpha value is -1.73. The quantitative estimate of drug-likeness (QED) is 0.162. The summed E-state index contributed by atoms with van der Waals surface area (Å²) < 4.78 is 4.85. The molecule has 0 heterocycles. The van der Waals surface area contributed by atoms with Gasteiger partial charge in [0, 0.05) is 16.7 Å². The number of halogens is 3. The Morgan fingerprint density at radius 3 is 2.44 bits per heavy atom. The lowest BCUT2D eigenvalue weighted by molar-refractivity contribution is -0.387. The predicted octanol–water partition coefficient (Wildman–Crippen LogP) is 6.38. The summed E-state index contributed by atoms with van der Waals surface area (Å²) in [5.41, 5.74) is 1.19. The number of benzene rings is 2. The number of esters is 1. The molecule has 0 aliphatic carbocycles. The van der Waals surface area contributed by atoms with Gasteiger partial charge in [0.1, 0.15) is 0 Å². The second kappa shape index (κ2) is 9.99. The van der Waals surface area contributed by atoms with E-state index >= 15 is 0 Å². The number of carbonyl (C=O) groups is 1. The maximum Gasteiger partial charge on any atom is 0.316 e. The van der Waals surface area contributed by atoms with E-state index in [1.165, 1.54) is 6.07 Å². The molecule has 2 aromatic carbocycles. The molecule has 0 atom stereocenters. The normalized spacial score (nSPS) is 11.0. The second-order valence-electron chi connectivity index (χ2n) is 5.19. The summed E-state index contributed by atoms with van der Waals surface area (Å²) in [4.78, 5) is 22.6. The maximum absolute atomic E-state index is 11.5. The topological polar surface area (TPSA) is 69.4 Å². The molecule has 0 saturated carbocycles. The molecule has 0 saturated heterocycles. The van der Waals surface area contributed by atoms with Crippen molar-refractivity contribution in [2.75, 3.05) is 12.4 Å². The minimum Gasteiger partial charge on any atom is -0.465 e. The molecule has 0 spiro atoms. The third kappa shape index (κ3) is 6.14. The van der Waals surface area contributed by atoms with Crippen molar-refractivity contribution in [1.29, 1.82) is 0 Å². The number of nitrogens with zero attached hydrogens (tertiary/aromatic N) is 1. The molecule has 27 heavy (non-hydrogen) atoms. The molecule has 2 rings (SSSR count). The largest absolute Gasteiger partial charge is 0.465 e. The first-order chi connectivity index (χ1) is 12.8. The third-order valence-corrected chi connectivity index (χ3v) is 5.18. The lowest BCUT2D eigenvalue weighted by atomic mass is 10.1. The highest BCUT2D eigenvalue weighted by atomic mass is 35.5. The maximum atomic E-state index is 11.5. The van der Waals surface area contributed by atoms with Gasteiger partial charge in [-0.25, -0.2) is 0 Å². The van der Waals surface area contributed by atoms with Crippen LogP contribution in [0, 0.1) is 10.1 Å². The lowest BCUT2D eigenvalue weighted by Gasteiger charge is -2.05. The first-order valence-electron chi connectivity index (χ1n) is 7.71. The summed E-state index contributed by atoms with van der Waals surface area (Å²) in [7, 11) is 0. The van der Waals surface area contributed by atoms with E-state index in [4.69, 9.17) is 39.5 Å². The molecule has 142 valence electrons. The van der Waals surface area contributed by atoms with Crippen LogP contribution < -0.4 is 0 Å². The summed E-state index contributed by atoms with van der Waals surface area (Å²) in [6.07, 6.45) is 3.42. The van der Waals surface area contributed by atoms with Crippen LogP contribution in [0.15, 0.2) is 35.2 Å². The number of rotatable bonds is 7. The van der Waals surface area contributed by atoms with Gasteiger partial charge in [0.15, 0.2) is 0 Å². The smallest absolute Gasteiger partial charge is 0.316 e. The van der Waals surface area contributed by atoms with Gasteiger partial charge in [-0.05, 0) is 36.8 Å². The number of hydrogen-bond acceptors (Lipinski definition) is 5. The zero-order chi connectivity index (χ0) is 20.0. The summed E-state index contributed by atoms with van der Waals surface area (Å²) >= 11 is 19.2. The summed E-state index contributed by atoms with van der Waals surface area (Å²) in [6.45, 7) is 1.95. The van der Waals surface area contributed by atoms with E-state index < -0.39 is 10.9 Å².